The molecule has 1 aromatic carbocycles. The first kappa shape index (κ1) is 20.9. The summed E-state index contributed by atoms with van der Waals surface area (Å²) in [6.07, 6.45) is -5.31. The highest BCUT2D eigenvalue weighted by molar-refractivity contribution is 7.12. The number of ether oxygens (including phenoxy) is 2. The van der Waals surface area contributed by atoms with Crippen molar-refractivity contribution in [2.75, 3.05) is 14.2 Å². The lowest BCUT2D eigenvalue weighted by Gasteiger charge is -2.44. The van der Waals surface area contributed by atoms with Crippen molar-refractivity contribution >= 4 is 23.2 Å². The highest BCUT2D eigenvalue weighted by Crippen LogP contribution is 2.45. The van der Waals surface area contributed by atoms with E-state index in [0.717, 1.165) is 11.3 Å². The van der Waals surface area contributed by atoms with Gasteiger partial charge in [0.15, 0.2) is 17.3 Å². The Hall–Kier alpha value is -2.79. The number of carbonyl (C=O) groups is 2. The van der Waals surface area contributed by atoms with Crippen LogP contribution in [0.25, 0.3) is 0 Å². The van der Waals surface area contributed by atoms with E-state index in [1.54, 1.807) is 0 Å². The molecule has 0 aliphatic carbocycles. The first-order chi connectivity index (χ1) is 13.6. The Morgan fingerprint density at radius 3 is 2.45 bits per heavy atom. The van der Waals surface area contributed by atoms with E-state index in [4.69, 9.17) is 9.47 Å². The van der Waals surface area contributed by atoms with Gasteiger partial charge in [-0.3, -0.25) is 4.79 Å². The van der Waals surface area contributed by atoms with Crippen molar-refractivity contribution in [3.05, 3.63) is 46.2 Å². The summed E-state index contributed by atoms with van der Waals surface area (Å²) in [5, 5.41) is 15.8. The zero-order valence-electron chi connectivity index (χ0n) is 15.2. The van der Waals surface area contributed by atoms with E-state index in [9.17, 15) is 27.9 Å². The van der Waals surface area contributed by atoms with E-state index in [1.807, 2.05) is 0 Å². The number of aliphatic hydroxyl groups is 1. The number of carbonyl (C=O) groups excluding carboxylic acids is 2. The van der Waals surface area contributed by atoms with Crippen molar-refractivity contribution in [2.24, 2.45) is 5.92 Å². The smallest absolute Gasteiger partial charge is 0.437 e. The van der Waals surface area contributed by atoms with Crippen molar-refractivity contribution in [1.29, 1.82) is 0 Å². The van der Waals surface area contributed by atoms with E-state index >= 15 is 0 Å². The van der Waals surface area contributed by atoms with Crippen molar-refractivity contribution < 1.29 is 37.3 Å². The van der Waals surface area contributed by atoms with Gasteiger partial charge < -0.3 is 25.2 Å². The zero-order chi connectivity index (χ0) is 21.4. The molecule has 2 amide bonds. The summed E-state index contributed by atoms with van der Waals surface area (Å²) in [4.78, 5) is 25.0. The van der Waals surface area contributed by atoms with Gasteiger partial charge in [-0.05, 0) is 29.1 Å². The summed E-state index contributed by atoms with van der Waals surface area (Å²) in [5.41, 5.74) is -3.64. The van der Waals surface area contributed by atoms with Gasteiger partial charge in [0, 0.05) is 0 Å². The van der Waals surface area contributed by atoms with Crippen LogP contribution in [0, 0.1) is 5.92 Å². The monoisotopic (exact) mass is 430 g/mol. The molecule has 3 atom stereocenters. The highest BCUT2D eigenvalue weighted by Gasteiger charge is 2.66. The molecular weight excluding hydrogens is 413 g/mol. The van der Waals surface area contributed by atoms with Gasteiger partial charge in [0.05, 0.1) is 25.1 Å². The normalized spacial score (nSPS) is 24.4. The number of methoxy groups -OCH3 is 2. The fourth-order valence-electron chi connectivity index (χ4n) is 3.24. The fourth-order valence-corrected chi connectivity index (χ4v) is 3.94. The van der Waals surface area contributed by atoms with Crippen molar-refractivity contribution in [1.82, 2.24) is 10.6 Å². The second-order valence-electron chi connectivity index (χ2n) is 6.27. The maximum Gasteiger partial charge on any atom is 0.437 e. The number of amides is 2. The predicted molar refractivity (Wildman–Crippen MR) is 97.1 cm³/mol. The van der Waals surface area contributed by atoms with E-state index in [1.165, 1.54) is 55.2 Å². The van der Waals surface area contributed by atoms with Crippen LogP contribution in [0.5, 0.6) is 11.5 Å². The molecule has 0 unspecified atom stereocenters. The molecule has 3 N–H and O–H groups in total. The van der Waals surface area contributed by atoms with Gasteiger partial charge in [0.2, 0.25) is 5.72 Å². The summed E-state index contributed by atoms with van der Waals surface area (Å²) in [6, 6.07) is 4.28. The molecule has 0 spiro atoms. The van der Waals surface area contributed by atoms with Crippen LogP contribution in [0.3, 0.4) is 0 Å². The zero-order valence-corrected chi connectivity index (χ0v) is 16.1. The number of hydrogen-bond donors (Lipinski definition) is 3. The third-order valence-electron chi connectivity index (χ3n) is 4.62. The van der Waals surface area contributed by atoms with Gasteiger partial charge in [-0.2, -0.15) is 13.2 Å². The molecule has 0 bridgehead atoms. The third kappa shape index (κ3) is 3.62. The quantitative estimate of drug-likeness (QED) is 0.634. The molecule has 3 rings (SSSR count). The molecule has 1 aliphatic heterocycles. The van der Waals surface area contributed by atoms with Crippen LogP contribution in [0.2, 0.25) is 0 Å². The van der Waals surface area contributed by atoms with Gasteiger partial charge in [-0.1, -0.05) is 12.1 Å². The Labute approximate surface area is 167 Å². The van der Waals surface area contributed by atoms with Crippen LogP contribution in [-0.4, -0.2) is 43.0 Å². The molecule has 1 aliphatic rings. The lowest BCUT2D eigenvalue weighted by molar-refractivity contribution is -0.287. The Kier molecular flexibility index (Phi) is 5.46. The van der Waals surface area contributed by atoms with Gasteiger partial charge in [0.1, 0.15) is 5.92 Å². The number of Topliss-reactive ketones (excluding diaryl/α,β-unsaturated/α-hetero) is 1. The molecule has 1 saturated heterocycles. The Bertz CT molecular complexity index is 919. The first-order valence-corrected chi connectivity index (χ1v) is 9.17. The molecule has 0 saturated carbocycles. The summed E-state index contributed by atoms with van der Waals surface area (Å²) >= 11 is 0.935. The minimum atomic E-state index is -5.31. The summed E-state index contributed by atoms with van der Waals surface area (Å²) in [7, 11) is 2.72. The van der Waals surface area contributed by atoms with E-state index in [2.05, 4.69) is 5.32 Å². The number of urea groups is 1. The topological polar surface area (TPSA) is 96.9 Å². The Balaban J connectivity index is 2.17. The maximum absolute atomic E-state index is 13.8. The second-order valence-corrected chi connectivity index (χ2v) is 7.22. The number of ketones is 1. The molecule has 29 heavy (non-hydrogen) atoms. The molecule has 156 valence electrons. The minimum Gasteiger partial charge on any atom is -0.493 e. The van der Waals surface area contributed by atoms with Crippen molar-refractivity contribution in [2.45, 2.75) is 17.9 Å². The van der Waals surface area contributed by atoms with Gasteiger partial charge in [0.25, 0.3) is 0 Å². The molecule has 2 heterocycles. The average Bonchev–Trinajstić information content (AvgIpc) is 3.20. The second kappa shape index (κ2) is 7.56. The summed E-state index contributed by atoms with van der Waals surface area (Å²) in [5.74, 6) is -2.55. The molecular formula is C18H17F3N2O5S. The third-order valence-corrected chi connectivity index (χ3v) is 5.50. The number of benzene rings is 1. The average molecular weight is 430 g/mol. The van der Waals surface area contributed by atoms with Crippen LogP contribution in [0.1, 0.15) is 21.3 Å². The molecule has 1 fully saturated rings. The van der Waals surface area contributed by atoms with Crippen LogP contribution in [0.4, 0.5) is 18.0 Å². The number of hydrogen-bond acceptors (Lipinski definition) is 6. The maximum atomic E-state index is 13.8. The standard InChI is InChI=1S/C18H17F3N2O5S/c1-27-10-6-5-9(8-11(10)28-2)14-13(15(24)12-4-3-7-29-12)17(26,18(19,20)21)23-16(25)22-14/h3-8,13-14,26H,1-2H3,(H2,22,23,25)/t13-,14+,17+/m0/s1. The van der Waals surface area contributed by atoms with Crippen LogP contribution in [0.15, 0.2) is 35.7 Å². The van der Waals surface area contributed by atoms with E-state index < -0.39 is 35.7 Å². The largest absolute Gasteiger partial charge is 0.493 e. The predicted octanol–water partition coefficient (Wildman–Crippen LogP) is 2.87. The van der Waals surface area contributed by atoms with Crippen LogP contribution < -0.4 is 20.1 Å². The van der Waals surface area contributed by atoms with E-state index in [0.29, 0.717) is 5.75 Å². The van der Waals surface area contributed by atoms with Crippen LogP contribution >= 0.6 is 11.3 Å². The molecule has 0 radical (unpaired) electrons. The van der Waals surface area contributed by atoms with Gasteiger partial charge in [-0.25, -0.2) is 4.79 Å². The molecule has 11 heteroatoms. The van der Waals surface area contributed by atoms with Crippen LogP contribution in [-0.2, 0) is 0 Å². The Morgan fingerprint density at radius 1 is 1.21 bits per heavy atom. The Morgan fingerprint density at radius 2 is 1.90 bits per heavy atom. The summed E-state index contributed by atoms with van der Waals surface area (Å²) < 4.78 is 51.7. The van der Waals surface area contributed by atoms with Gasteiger partial charge in [-0.15, -0.1) is 11.3 Å². The molecule has 7 nitrogen and oxygen atoms in total. The highest BCUT2D eigenvalue weighted by atomic mass is 32.1. The van der Waals surface area contributed by atoms with E-state index in [-0.39, 0.29) is 16.2 Å². The lowest BCUT2D eigenvalue weighted by atomic mass is 9.78. The fraction of sp³-hybridized carbons (Fsp3) is 0.333. The van der Waals surface area contributed by atoms with Crippen molar-refractivity contribution in [3.63, 3.8) is 0 Å². The number of nitrogens with one attached hydrogen (secondary N) is 2. The molecule has 2 aromatic rings. The lowest BCUT2D eigenvalue weighted by Crippen LogP contribution is -2.72. The number of alkyl halides is 3. The number of thiophene rings is 1. The number of halogens is 3. The molecule has 1 aromatic heterocycles. The van der Waals surface area contributed by atoms with Gasteiger partial charge >= 0.3 is 12.2 Å². The SMILES string of the molecule is COc1ccc([C@H]2NC(=O)N[C@](O)(C(F)(F)F)[C@@H]2C(=O)c2cccs2)cc1OC. The first-order valence-electron chi connectivity index (χ1n) is 8.29. The van der Waals surface area contributed by atoms with Crippen molar-refractivity contribution in [3.8, 4) is 11.5 Å². The minimum absolute atomic E-state index is 0.0149. The number of rotatable bonds is 5. The summed E-state index contributed by atoms with van der Waals surface area (Å²) in [6.45, 7) is 0.